The Hall–Kier alpha value is -1.30. The van der Waals surface area contributed by atoms with Crippen molar-refractivity contribution in [2.24, 2.45) is 5.41 Å². The van der Waals surface area contributed by atoms with Gasteiger partial charge in [-0.15, -0.1) is 0 Å². The summed E-state index contributed by atoms with van der Waals surface area (Å²) < 4.78 is 5.22. The molecule has 112 valence electrons. The zero-order chi connectivity index (χ0) is 15.3. The molecule has 0 radical (unpaired) electrons. The lowest BCUT2D eigenvalue weighted by Gasteiger charge is -2.26. The summed E-state index contributed by atoms with van der Waals surface area (Å²) in [7, 11) is 1.57. The van der Waals surface area contributed by atoms with E-state index < -0.39 is 11.7 Å². The fraction of sp³-hybridized carbons (Fsp3) is 0.600. The van der Waals surface area contributed by atoms with E-state index >= 15 is 0 Å². The third-order valence-electron chi connectivity index (χ3n) is 3.57. The molecule has 0 fully saturated rings. The number of pyridine rings is 1. The zero-order valence-corrected chi connectivity index (χ0v) is 12.5. The smallest absolute Gasteiger partial charge is 0.164 e. The number of carbonyl (C=O) groups is 1. The fourth-order valence-corrected chi connectivity index (χ4v) is 1.79. The molecule has 0 aliphatic rings. The van der Waals surface area contributed by atoms with Gasteiger partial charge in [-0.1, -0.05) is 13.8 Å². The molecule has 1 heterocycles. The normalized spacial score (nSPS) is 13.6. The molecule has 0 spiro atoms. The molecule has 0 saturated carbocycles. The molecular formula is C15H23NO4. The van der Waals surface area contributed by atoms with Crippen LogP contribution in [0.5, 0.6) is 0 Å². The Kier molecular flexibility index (Phi) is 5.80. The molecule has 20 heavy (non-hydrogen) atoms. The number of rotatable bonds is 7. The predicted molar refractivity (Wildman–Crippen MR) is 75.2 cm³/mol. The second-order valence-electron chi connectivity index (χ2n) is 5.60. The van der Waals surface area contributed by atoms with Gasteiger partial charge in [-0.25, -0.2) is 0 Å². The summed E-state index contributed by atoms with van der Waals surface area (Å²) in [6.45, 7) is 5.26. The first-order chi connectivity index (χ1) is 9.29. The van der Waals surface area contributed by atoms with Crippen LogP contribution in [0.4, 0.5) is 0 Å². The van der Waals surface area contributed by atoms with Crippen molar-refractivity contribution in [1.29, 1.82) is 0 Å². The van der Waals surface area contributed by atoms with E-state index in [2.05, 4.69) is 4.98 Å². The number of hydrogen-bond acceptors (Lipinski definition) is 5. The molecule has 5 nitrogen and oxygen atoms in total. The summed E-state index contributed by atoms with van der Waals surface area (Å²) in [6.07, 6.45) is 0.551. The van der Waals surface area contributed by atoms with Crippen molar-refractivity contribution in [3.05, 3.63) is 29.6 Å². The van der Waals surface area contributed by atoms with E-state index in [9.17, 15) is 15.0 Å². The average Bonchev–Trinajstić information content (AvgIpc) is 2.43. The number of methoxy groups -OCH3 is 1. The largest absolute Gasteiger partial charge is 0.375 e. The Bertz CT molecular complexity index is 457. The summed E-state index contributed by atoms with van der Waals surface area (Å²) in [6, 6.07) is 3.44. The first-order valence-corrected chi connectivity index (χ1v) is 6.66. The van der Waals surface area contributed by atoms with E-state index in [1.54, 1.807) is 39.3 Å². The molecule has 1 aromatic rings. The maximum atomic E-state index is 12.3. The monoisotopic (exact) mass is 281 g/mol. The van der Waals surface area contributed by atoms with Gasteiger partial charge in [0, 0.05) is 30.7 Å². The van der Waals surface area contributed by atoms with Gasteiger partial charge in [-0.05, 0) is 25.5 Å². The highest BCUT2D eigenvalue weighted by atomic mass is 16.5. The molecule has 0 saturated heterocycles. The number of aromatic nitrogens is 1. The molecule has 0 bridgehead atoms. The molecule has 2 N–H and O–H groups in total. The molecule has 1 aromatic heterocycles. The number of Topliss-reactive ketones (excluding diaryl/α,β-unsaturated/α-hetero) is 1. The van der Waals surface area contributed by atoms with Gasteiger partial charge in [0.05, 0.1) is 11.8 Å². The van der Waals surface area contributed by atoms with Crippen molar-refractivity contribution in [1.82, 2.24) is 4.98 Å². The minimum Gasteiger partial charge on any atom is -0.375 e. The van der Waals surface area contributed by atoms with E-state index in [1.165, 1.54) is 0 Å². The van der Waals surface area contributed by atoms with Crippen LogP contribution in [-0.2, 0) is 4.74 Å². The first kappa shape index (κ1) is 16.8. The standard InChI is InChI=1S/C15H23NO4/c1-10(20-4)13-11(6-5-9-16-13)12(17)7-8-15(2,3)14(18)19/h5-6,9-10,14,18-19H,7-8H2,1-4H3/t10-/m0/s1. The number of hydrogen-bond donors (Lipinski definition) is 2. The molecule has 1 rings (SSSR count). The van der Waals surface area contributed by atoms with E-state index in [0.29, 0.717) is 17.7 Å². The lowest BCUT2D eigenvalue weighted by Crippen LogP contribution is -2.29. The van der Waals surface area contributed by atoms with Gasteiger partial charge in [0.2, 0.25) is 0 Å². The molecular weight excluding hydrogens is 258 g/mol. The van der Waals surface area contributed by atoms with E-state index in [4.69, 9.17) is 4.74 Å². The van der Waals surface area contributed by atoms with Gasteiger partial charge in [0.25, 0.3) is 0 Å². The van der Waals surface area contributed by atoms with Crippen LogP contribution in [0.25, 0.3) is 0 Å². The number of aliphatic hydroxyl groups is 2. The third kappa shape index (κ3) is 4.10. The van der Waals surface area contributed by atoms with Crippen molar-refractivity contribution in [3.8, 4) is 0 Å². The van der Waals surface area contributed by atoms with E-state index in [0.717, 1.165) is 0 Å². The molecule has 0 unspecified atom stereocenters. The maximum absolute atomic E-state index is 12.3. The van der Waals surface area contributed by atoms with Gasteiger partial charge < -0.3 is 14.9 Å². The summed E-state index contributed by atoms with van der Waals surface area (Å²) in [4.78, 5) is 16.5. The van der Waals surface area contributed by atoms with E-state index in [1.807, 2.05) is 6.92 Å². The maximum Gasteiger partial charge on any atom is 0.164 e. The Morgan fingerprint density at radius 3 is 2.65 bits per heavy atom. The van der Waals surface area contributed by atoms with E-state index in [-0.39, 0.29) is 18.3 Å². The van der Waals surface area contributed by atoms with Crippen molar-refractivity contribution in [2.75, 3.05) is 7.11 Å². The topological polar surface area (TPSA) is 79.7 Å². The predicted octanol–water partition coefficient (Wildman–Crippen LogP) is 2.09. The van der Waals surface area contributed by atoms with Crippen molar-refractivity contribution < 1.29 is 19.7 Å². The molecule has 0 amide bonds. The van der Waals surface area contributed by atoms with Crippen molar-refractivity contribution >= 4 is 5.78 Å². The van der Waals surface area contributed by atoms with Crippen LogP contribution in [0.3, 0.4) is 0 Å². The molecule has 0 aromatic carbocycles. The second-order valence-corrected chi connectivity index (χ2v) is 5.60. The van der Waals surface area contributed by atoms with Gasteiger partial charge in [0.15, 0.2) is 12.1 Å². The minimum atomic E-state index is -1.44. The van der Waals surface area contributed by atoms with Crippen molar-refractivity contribution in [3.63, 3.8) is 0 Å². The number of carbonyl (C=O) groups excluding carboxylic acids is 1. The fourth-order valence-electron chi connectivity index (χ4n) is 1.79. The first-order valence-electron chi connectivity index (χ1n) is 6.66. The van der Waals surface area contributed by atoms with Gasteiger partial charge >= 0.3 is 0 Å². The Morgan fingerprint density at radius 2 is 2.10 bits per heavy atom. The van der Waals surface area contributed by atoms with Crippen LogP contribution in [0, 0.1) is 5.41 Å². The van der Waals surface area contributed by atoms with Crippen LogP contribution in [-0.4, -0.2) is 34.4 Å². The highest BCUT2D eigenvalue weighted by Gasteiger charge is 2.27. The lowest BCUT2D eigenvalue weighted by molar-refractivity contribution is -0.123. The van der Waals surface area contributed by atoms with Crippen LogP contribution in [0.1, 0.15) is 55.8 Å². The summed E-state index contributed by atoms with van der Waals surface area (Å²) in [5.74, 6) is -0.0641. The highest BCUT2D eigenvalue weighted by molar-refractivity contribution is 5.97. The number of nitrogens with zero attached hydrogens (tertiary/aromatic N) is 1. The van der Waals surface area contributed by atoms with Gasteiger partial charge in [-0.3, -0.25) is 9.78 Å². The molecule has 0 aliphatic carbocycles. The highest BCUT2D eigenvalue weighted by Crippen LogP contribution is 2.27. The summed E-state index contributed by atoms with van der Waals surface area (Å²) in [5.41, 5.74) is 0.428. The Balaban J connectivity index is 2.83. The SMILES string of the molecule is CO[C@@H](C)c1ncccc1C(=O)CCC(C)(C)C(O)O. The summed E-state index contributed by atoms with van der Waals surface area (Å²) >= 11 is 0. The number of aliphatic hydroxyl groups excluding tert-OH is 1. The van der Waals surface area contributed by atoms with Crippen LogP contribution in [0.2, 0.25) is 0 Å². The van der Waals surface area contributed by atoms with Crippen LogP contribution >= 0.6 is 0 Å². The van der Waals surface area contributed by atoms with Crippen molar-refractivity contribution in [2.45, 2.75) is 46.0 Å². The van der Waals surface area contributed by atoms with Gasteiger partial charge in [0.1, 0.15) is 0 Å². The quantitative estimate of drug-likeness (QED) is 0.591. The molecule has 1 atom stereocenters. The number of ether oxygens (including phenoxy) is 1. The Morgan fingerprint density at radius 1 is 1.45 bits per heavy atom. The molecule has 0 aliphatic heterocycles. The minimum absolute atomic E-state index is 0.0641. The number of ketones is 1. The molecule has 5 heteroatoms. The Labute approximate surface area is 119 Å². The second kappa shape index (κ2) is 6.92. The third-order valence-corrected chi connectivity index (χ3v) is 3.57. The average molecular weight is 281 g/mol. The van der Waals surface area contributed by atoms with Gasteiger partial charge in [-0.2, -0.15) is 0 Å². The summed E-state index contributed by atoms with van der Waals surface area (Å²) in [5, 5.41) is 18.5. The van der Waals surface area contributed by atoms with Crippen LogP contribution in [0.15, 0.2) is 18.3 Å². The zero-order valence-electron chi connectivity index (χ0n) is 12.5. The lowest BCUT2D eigenvalue weighted by atomic mass is 9.85. The van der Waals surface area contributed by atoms with Crippen LogP contribution < -0.4 is 0 Å².